The van der Waals surface area contributed by atoms with Crippen molar-refractivity contribution >= 4 is 46.1 Å². The van der Waals surface area contributed by atoms with Crippen LogP contribution in [0.1, 0.15) is 35.6 Å². The molecule has 2 aromatic carbocycles. The molecule has 0 spiro atoms. The first-order valence-corrected chi connectivity index (χ1v) is 15.6. The van der Waals surface area contributed by atoms with Crippen LogP contribution in [0.2, 0.25) is 0 Å². The number of carbonyl (C=O) groups is 1. The first-order valence-electron chi connectivity index (χ1n) is 14.0. The first-order chi connectivity index (χ1) is 20.1. The van der Waals surface area contributed by atoms with Crippen LogP contribution >= 0.6 is 22.7 Å². The Kier molecular flexibility index (Phi) is 5.73. The maximum Gasteiger partial charge on any atom is 0.346 e. The number of carboxylic acid groups (broad SMARTS) is 1. The van der Waals surface area contributed by atoms with Gasteiger partial charge in [0, 0.05) is 33.1 Å². The quantitative estimate of drug-likeness (QED) is 0.191. The third-order valence-electron chi connectivity index (χ3n) is 9.02. The van der Waals surface area contributed by atoms with Crippen LogP contribution < -0.4 is 14.4 Å². The Morgan fingerprint density at radius 3 is 2.49 bits per heavy atom. The lowest BCUT2D eigenvalue weighted by Crippen LogP contribution is -2.35. The van der Waals surface area contributed by atoms with E-state index in [1.807, 2.05) is 12.1 Å². The van der Waals surface area contributed by atoms with Gasteiger partial charge in [-0.25, -0.2) is 4.79 Å². The Morgan fingerprint density at radius 2 is 1.71 bits per heavy atom. The summed E-state index contributed by atoms with van der Waals surface area (Å²) in [6.07, 6.45) is 5.46. The van der Waals surface area contributed by atoms with Crippen LogP contribution in [0.5, 0.6) is 11.5 Å². The fourth-order valence-electron chi connectivity index (χ4n) is 7.44. The molecule has 0 amide bonds. The van der Waals surface area contributed by atoms with Crippen LogP contribution in [-0.2, 0) is 4.79 Å². The summed E-state index contributed by atoms with van der Waals surface area (Å²) in [5, 5.41) is 18.4. The van der Waals surface area contributed by atoms with Crippen LogP contribution in [0, 0.1) is 23.2 Å². The van der Waals surface area contributed by atoms with Gasteiger partial charge in [0.25, 0.3) is 0 Å². The number of rotatable bonds is 5. The van der Waals surface area contributed by atoms with Crippen LogP contribution in [0.4, 0.5) is 11.4 Å². The monoisotopic (exact) mass is 578 g/mol. The van der Waals surface area contributed by atoms with Gasteiger partial charge in [-0.2, -0.15) is 5.26 Å². The van der Waals surface area contributed by atoms with E-state index in [-0.39, 0.29) is 5.57 Å². The number of thiophene rings is 2. The molecule has 1 N–H and O–H groups in total. The SMILES string of the molecule is N#C/C(=C\c1ccc(-c2sc(-c3ccc(N4c5ccccc5C5C6CCC(C6)C54)cc3)c3c2OCCO3)s1)C(=O)O. The molecule has 0 saturated heterocycles. The number of benzene rings is 2. The number of para-hydroxylation sites is 1. The molecule has 0 radical (unpaired) electrons. The third-order valence-corrected chi connectivity index (χ3v) is 11.4. The molecule has 2 aromatic heterocycles. The minimum Gasteiger partial charge on any atom is -0.485 e. The summed E-state index contributed by atoms with van der Waals surface area (Å²) < 4.78 is 12.2. The maximum absolute atomic E-state index is 11.3. The Bertz CT molecular complexity index is 1760. The number of hydrogen-bond acceptors (Lipinski definition) is 7. The molecule has 2 bridgehead atoms. The highest BCUT2D eigenvalue weighted by Gasteiger charge is 2.55. The number of nitrogens with zero attached hydrogens (tertiary/aromatic N) is 2. The van der Waals surface area contributed by atoms with Crippen molar-refractivity contribution in [2.45, 2.75) is 31.2 Å². The summed E-state index contributed by atoms with van der Waals surface area (Å²) >= 11 is 3.06. The molecule has 41 heavy (non-hydrogen) atoms. The molecule has 4 heterocycles. The van der Waals surface area contributed by atoms with E-state index >= 15 is 0 Å². The van der Waals surface area contributed by atoms with Gasteiger partial charge in [-0.05, 0) is 78.6 Å². The first kappa shape index (κ1) is 24.7. The van der Waals surface area contributed by atoms with Gasteiger partial charge in [0.05, 0.1) is 9.75 Å². The van der Waals surface area contributed by atoms with Crippen molar-refractivity contribution in [3.63, 3.8) is 0 Å². The number of ether oxygens (including phenoxy) is 2. The number of nitriles is 1. The van der Waals surface area contributed by atoms with Crippen molar-refractivity contribution < 1.29 is 19.4 Å². The van der Waals surface area contributed by atoms with Gasteiger partial charge >= 0.3 is 5.97 Å². The number of carboxylic acids is 1. The van der Waals surface area contributed by atoms with Crippen LogP contribution in [0.3, 0.4) is 0 Å². The molecule has 2 aliphatic heterocycles. The van der Waals surface area contributed by atoms with Crippen molar-refractivity contribution in [2.24, 2.45) is 11.8 Å². The smallest absolute Gasteiger partial charge is 0.346 e. The zero-order valence-corrected chi connectivity index (χ0v) is 23.7. The van der Waals surface area contributed by atoms with E-state index < -0.39 is 5.97 Å². The molecule has 204 valence electrons. The molecule has 4 atom stereocenters. The molecular formula is C33H26N2O4S2. The van der Waals surface area contributed by atoms with Gasteiger partial charge in [0.1, 0.15) is 24.9 Å². The normalized spacial score (nSPS) is 23.8. The number of hydrogen-bond donors (Lipinski definition) is 1. The van der Waals surface area contributed by atoms with Crippen LogP contribution in [0.25, 0.3) is 26.3 Å². The molecule has 2 aliphatic carbocycles. The summed E-state index contributed by atoms with van der Waals surface area (Å²) in [4.78, 5) is 17.5. The molecule has 8 heteroatoms. The zero-order chi connectivity index (χ0) is 27.7. The lowest BCUT2D eigenvalue weighted by Gasteiger charge is -2.33. The molecular weight excluding hydrogens is 553 g/mol. The van der Waals surface area contributed by atoms with Gasteiger partial charge in [-0.3, -0.25) is 0 Å². The average molecular weight is 579 g/mol. The predicted molar refractivity (Wildman–Crippen MR) is 161 cm³/mol. The number of aliphatic carboxylic acids is 1. The Hall–Kier alpha value is -4.06. The van der Waals surface area contributed by atoms with Crippen LogP contribution in [0.15, 0.2) is 66.2 Å². The van der Waals surface area contributed by atoms with E-state index in [0.717, 1.165) is 43.5 Å². The van der Waals surface area contributed by atoms with Gasteiger partial charge in [0.15, 0.2) is 11.5 Å². The highest BCUT2D eigenvalue weighted by atomic mass is 32.1. The lowest BCUT2D eigenvalue weighted by atomic mass is 9.82. The lowest BCUT2D eigenvalue weighted by molar-refractivity contribution is -0.132. The molecule has 4 aromatic rings. The number of fused-ring (bicyclic) bond motifs is 8. The largest absolute Gasteiger partial charge is 0.485 e. The van der Waals surface area contributed by atoms with E-state index in [0.29, 0.717) is 30.1 Å². The Labute approximate surface area is 245 Å². The van der Waals surface area contributed by atoms with Crippen molar-refractivity contribution in [3.8, 4) is 37.8 Å². The Morgan fingerprint density at radius 1 is 0.951 bits per heavy atom. The summed E-state index contributed by atoms with van der Waals surface area (Å²) in [6, 6.07) is 24.0. The molecule has 4 aliphatic rings. The van der Waals surface area contributed by atoms with E-state index in [4.69, 9.17) is 14.7 Å². The summed E-state index contributed by atoms with van der Waals surface area (Å²) in [6.45, 7) is 0.969. The second kappa shape index (κ2) is 9.51. The zero-order valence-electron chi connectivity index (χ0n) is 22.1. The van der Waals surface area contributed by atoms with Gasteiger partial charge in [0.2, 0.25) is 0 Å². The fraction of sp³-hybridized carbons (Fsp3) is 0.273. The van der Waals surface area contributed by atoms with Crippen molar-refractivity contribution in [2.75, 3.05) is 18.1 Å². The molecule has 4 unspecified atom stereocenters. The van der Waals surface area contributed by atoms with Crippen molar-refractivity contribution in [3.05, 3.63) is 76.7 Å². The minimum absolute atomic E-state index is 0.288. The standard InChI is InChI=1S/C33H26N2O4S2/c34-17-21(33(36)37)16-23-11-12-26(40-23)32-30-29(38-13-14-39-30)31(41-32)18-7-9-22(10-8-18)35-25-4-2-1-3-24(25)27-19-5-6-20(15-19)28(27)35/h1-4,7-12,16,19-20,27-28H,5-6,13-15H2,(H,36,37)/b21-16+. The second-order valence-electron chi connectivity index (χ2n) is 11.1. The summed E-state index contributed by atoms with van der Waals surface area (Å²) in [7, 11) is 0. The third kappa shape index (κ3) is 3.83. The average Bonchev–Trinajstić information content (AvgIpc) is 3.82. The van der Waals surface area contributed by atoms with Gasteiger partial charge < -0.3 is 19.5 Å². The van der Waals surface area contributed by atoms with E-state index in [1.54, 1.807) is 17.4 Å². The van der Waals surface area contributed by atoms with Gasteiger partial charge in [-0.15, -0.1) is 22.7 Å². The van der Waals surface area contributed by atoms with Crippen molar-refractivity contribution in [1.29, 1.82) is 5.26 Å². The molecule has 2 saturated carbocycles. The highest BCUT2D eigenvalue weighted by Crippen LogP contribution is 2.62. The van der Waals surface area contributed by atoms with E-state index in [1.165, 1.54) is 53.6 Å². The molecule has 8 rings (SSSR count). The number of anilines is 2. The minimum atomic E-state index is -1.23. The topological polar surface area (TPSA) is 82.8 Å². The molecule has 6 nitrogen and oxygen atoms in total. The second-order valence-corrected chi connectivity index (χ2v) is 13.3. The summed E-state index contributed by atoms with van der Waals surface area (Å²) in [5.41, 5.74) is 4.92. The summed E-state index contributed by atoms with van der Waals surface area (Å²) in [5.74, 6) is 2.48. The van der Waals surface area contributed by atoms with Crippen LogP contribution in [-0.4, -0.2) is 30.3 Å². The van der Waals surface area contributed by atoms with E-state index in [2.05, 4.69) is 53.4 Å². The van der Waals surface area contributed by atoms with Gasteiger partial charge in [-0.1, -0.05) is 30.3 Å². The Balaban J connectivity index is 1.15. The highest BCUT2D eigenvalue weighted by molar-refractivity contribution is 7.24. The maximum atomic E-state index is 11.3. The van der Waals surface area contributed by atoms with Crippen molar-refractivity contribution in [1.82, 2.24) is 0 Å². The molecule has 2 fully saturated rings. The fourth-order valence-corrected chi connectivity index (χ4v) is 9.70. The van der Waals surface area contributed by atoms with E-state index in [9.17, 15) is 9.90 Å². The predicted octanol–water partition coefficient (Wildman–Crippen LogP) is 7.94.